The number of rotatable bonds is 3. The fourth-order valence-electron chi connectivity index (χ4n) is 1.87. The van der Waals surface area contributed by atoms with E-state index in [1.165, 1.54) is 18.6 Å². The third kappa shape index (κ3) is 2.13. The molecule has 74 valence electrons. The summed E-state index contributed by atoms with van der Waals surface area (Å²) >= 11 is 7.55. The number of carbonyl (C=O) groups is 1. The molecule has 1 aliphatic carbocycles. The highest BCUT2D eigenvalue weighted by Crippen LogP contribution is 2.33. The summed E-state index contributed by atoms with van der Waals surface area (Å²) in [6.07, 6.45) is 3.53. The summed E-state index contributed by atoms with van der Waals surface area (Å²) in [4.78, 5) is 13.6. The second-order valence-electron chi connectivity index (χ2n) is 3.68. The minimum absolute atomic E-state index is 0.136. The molecule has 2 rings (SSSR count). The topological polar surface area (TPSA) is 20.3 Å². The third-order valence-corrected chi connectivity index (χ3v) is 4.02. The average Bonchev–Trinajstić information content (AvgIpc) is 2.81. The molecule has 0 spiro atoms. The van der Waals surface area contributed by atoms with Gasteiger partial charge in [0.2, 0.25) is 5.91 Å². The van der Waals surface area contributed by atoms with Crippen molar-refractivity contribution in [3.05, 3.63) is 0 Å². The molecule has 0 unspecified atom stereocenters. The van der Waals surface area contributed by atoms with E-state index in [1.807, 2.05) is 16.7 Å². The molecule has 0 aromatic heterocycles. The Morgan fingerprint density at radius 1 is 1.38 bits per heavy atom. The number of carbonyl (C=O) groups excluding carboxylic acids is 1. The van der Waals surface area contributed by atoms with Crippen molar-refractivity contribution in [1.82, 2.24) is 4.90 Å². The first-order chi connectivity index (χ1) is 6.33. The third-order valence-electron chi connectivity index (χ3n) is 2.64. The molecule has 4 heteroatoms. The van der Waals surface area contributed by atoms with Crippen LogP contribution in [0, 0.1) is 0 Å². The lowest BCUT2D eigenvalue weighted by atomic mass is 10.2. The summed E-state index contributed by atoms with van der Waals surface area (Å²) in [5.74, 6) is 2.59. The Labute approximate surface area is 88.0 Å². The number of alkyl halides is 1. The number of halogens is 1. The standard InChI is InChI=1S/C9H14ClNOS/c10-5-9(12)11(7-1-2-7)8-3-4-13-6-8/h7-8H,1-6H2/t8-/m1/s1. The minimum atomic E-state index is 0.136. The fraction of sp³-hybridized carbons (Fsp3) is 0.889. The van der Waals surface area contributed by atoms with Crippen molar-refractivity contribution in [3.63, 3.8) is 0 Å². The van der Waals surface area contributed by atoms with Crippen molar-refractivity contribution in [1.29, 1.82) is 0 Å². The summed E-state index contributed by atoms with van der Waals surface area (Å²) < 4.78 is 0. The molecule has 0 radical (unpaired) electrons. The smallest absolute Gasteiger partial charge is 0.238 e. The van der Waals surface area contributed by atoms with Gasteiger partial charge in [-0.25, -0.2) is 0 Å². The van der Waals surface area contributed by atoms with Crippen LogP contribution in [0.25, 0.3) is 0 Å². The Hall–Kier alpha value is 0.110. The summed E-state index contributed by atoms with van der Waals surface area (Å²) in [5, 5.41) is 0. The SMILES string of the molecule is O=C(CCl)N(C1CC1)[C@@H]1CCSC1. The average molecular weight is 220 g/mol. The van der Waals surface area contributed by atoms with Crippen molar-refractivity contribution >= 4 is 29.3 Å². The van der Waals surface area contributed by atoms with Gasteiger partial charge in [0.05, 0.1) is 0 Å². The van der Waals surface area contributed by atoms with E-state index in [0.29, 0.717) is 12.1 Å². The molecule has 1 amide bonds. The van der Waals surface area contributed by atoms with Gasteiger partial charge in [0, 0.05) is 17.8 Å². The van der Waals surface area contributed by atoms with Crippen LogP contribution in [-0.2, 0) is 4.79 Å². The van der Waals surface area contributed by atoms with Crippen molar-refractivity contribution < 1.29 is 4.79 Å². The maximum atomic E-state index is 11.6. The van der Waals surface area contributed by atoms with Gasteiger partial charge in [-0.3, -0.25) is 4.79 Å². The van der Waals surface area contributed by atoms with Crippen LogP contribution < -0.4 is 0 Å². The van der Waals surface area contributed by atoms with Crippen molar-refractivity contribution in [3.8, 4) is 0 Å². The van der Waals surface area contributed by atoms with E-state index in [4.69, 9.17) is 11.6 Å². The predicted molar refractivity (Wildman–Crippen MR) is 56.3 cm³/mol. The Morgan fingerprint density at radius 3 is 2.62 bits per heavy atom. The zero-order chi connectivity index (χ0) is 9.26. The molecule has 1 saturated carbocycles. The van der Waals surface area contributed by atoms with E-state index in [9.17, 15) is 4.79 Å². The highest BCUT2D eigenvalue weighted by atomic mass is 35.5. The number of nitrogens with zero attached hydrogens (tertiary/aromatic N) is 1. The molecular weight excluding hydrogens is 206 g/mol. The van der Waals surface area contributed by atoms with Crippen LogP contribution in [0.1, 0.15) is 19.3 Å². The van der Waals surface area contributed by atoms with E-state index in [2.05, 4.69) is 0 Å². The molecule has 13 heavy (non-hydrogen) atoms. The lowest BCUT2D eigenvalue weighted by Gasteiger charge is -2.27. The van der Waals surface area contributed by atoms with Gasteiger partial charge in [-0.2, -0.15) is 11.8 Å². The summed E-state index contributed by atoms with van der Waals surface area (Å²) in [6, 6.07) is 0.999. The normalized spacial score (nSPS) is 27.6. The van der Waals surface area contributed by atoms with Gasteiger partial charge in [0.15, 0.2) is 0 Å². The van der Waals surface area contributed by atoms with Gasteiger partial charge in [0.1, 0.15) is 5.88 Å². The highest BCUT2D eigenvalue weighted by Gasteiger charge is 2.37. The van der Waals surface area contributed by atoms with Crippen LogP contribution in [0.15, 0.2) is 0 Å². The molecule has 2 fully saturated rings. The lowest BCUT2D eigenvalue weighted by Crippen LogP contribution is -2.42. The van der Waals surface area contributed by atoms with Crippen LogP contribution in [0.3, 0.4) is 0 Å². The second kappa shape index (κ2) is 4.09. The lowest BCUT2D eigenvalue weighted by molar-refractivity contribution is -0.130. The molecule has 0 aromatic rings. The Kier molecular flexibility index (Phi) is 3.04. The second-order valence-corrected chi connectivity index (χ2v) is 5.10. The highest BCUT2D eigenvalue weighted by molar-refractivity contribution is 7.99. The Morgan fingerprint density at radius 2 is 2.15 bits per heavy atom. The van der Waals surface area contributed by atoms with E-state index >= 15 is 0 Å². The Balaban J connectivity index is 1.99. The fourth-order valence-corrected chi connectivity index (χ4v) is 3.21. The largest absolute Gasteiger partial charge is 0.335 e. The minimum Gasteiger partial charge on any atom is -0.335 e. The number of thioether (sulfide) groups is 1. The quantitative estimate of drug-likeness (QED) is 0.674. The molecule has 1 heterocycles. The molecule has 1 saturated heterocycles. The molecule has 1 aliphatic heterocycles. The van der Waals surface area contributed by atoms with Gasteiger partial charge in [-0.1, -0.05) is 0 Å². The van der Waals surface area contributed by atoms with Gasteiger partial charge in [-0.05, 0) is 25.0 Å². The zero-order valence-corrected chi connectivity index (χ0v) is 9.11. The molecule has 1 atom stereocenters. The predicted octanol–water partition coefficient (Wildman–Crippen LogP) is 1.72. The molecule has 0 aromatic carbocycles. The van der Waals surface area contributed by atoms with E-state index < -0.39 is 0 Å². The van der Waals surface area contributed by atoms with E-state index in [-0.39, 0.29) is 11.8 Å². The summed E-state index contributed by atoms with van der Waals surface area (Å²) in [5.41, 5.74) is 0. The number of amides is 1. The first kappa shape index (κ1) is 9.66. The van der Waals surface area contributed by atoms with Gasteiger partial charge >= 0.3 is 0 Å². The van der Waals surface area contributed by atoms with E-state index in [0.717, 1.165) is 12.2 Å². The van der Waals surface area contributed by atoms with Crippen molar-refractivity contribution in [2.45, 2.75) is 31.3 Å². The van der Waals surface area contributed by atoms with Gasteiger partial charge in [0.25, 0.3) is 0 Å². The molecule has 0 bridgehead atoms. The van der Waals surface area contributed by atoms with Crippen LogP contribution in [0.4, 0.5) is 0 Å². The first-order valence-electron chi connectivity index (χ1n) is 4.78. The number of hydrogen-bond acceptors (Lipinski definition) is 2. The van der Waals surface area contributed by atoms with Crippen LogP contribution in [-0.4, -0.2) is 40.3 Å². The van der Waals surface area contributed by atoms with Crippen molar-refractivity contribution in [2.75, 3.05) is 17.4 Å². The van der Waals surface area contributed by atoms with E-state index in [1.54, 1.807) is 0 Å². The molecule has 2 aliphatic rings. The first-order valence-corrected chi connectivity index (χ1v) is 6.46. The van der Waals surface area contributed by atoms with Gasteiger partial charge < -0.3 is 4.90 Å². The van der Waals surface area contributed by atoms with Crippen molar-refractivity contribution in [2.24, 2.45) is 0 Å². The van der Waals surface area contributed by atoms with Crippen LogP contribution in [0.2, 0.25) is 0 Å². The zero-order valence-electron chi connectivity index (χ0n) is 7.54. The maximum absolute atomic E-state index is 11.6. The number of hydrogen-bond donors (Lipinski definition) is 0. The van der Waals surface area contributed by atoms with Crippen LogP contribution in [0.5, 0.6) is 0 Å². The summed E-state index contributed by atoms with van der Waals surface area (Å²) in [6.45, 7) is 0. The molecule has 0 N–H and O–H groups in total. The van der Waals surface area contributed by atoms with Gasteiger partial charge in [-0.15, -0.1) is 11.6 Å². The molecule has 2 nitrogen and oxygen atoms in total. The summed E-state index contributed by atoms with van der Waals surface area (Å²) in [7, 11) is 0. The monoisotopic (exact) mass is 219 g/mol. The maximum Gasteiger partial charge on any atom is 0.238 e. The van der Waals surface area contributed by atoms with Crippen LogP contribution >= 0.6 is 23.4 Å². The molecular formula is C9H14ClNOS. The Bertz CT molecular complexity index is 202.